The second-order valence-corrected chi connectivity index (χ2v) is 5.58. The molecule has 2 aromatic carbocycles. The van der Waals surface area contributed by atoms with Crippen LogP contribution in [0.1, 0.15) is 17.2 Å². The highest BCUT2D eigenvalue weighted by Crippen LogP contribution is 2.34. The van der Waals surface area contributed by atoms with E-state index in [2.05, 4.69) is 5.32 Å². The van der Waals surface area contributed by atoms with Gasteiger partial charge >= 0.3 is 0 Å². The van der Waals surface area contributed by atoms with Crippen LogP contribution < -0.4 is 24.3 Å². The molecule has 0 aromatic heterocycles. The highest BCUT2D eigenvalue weighted by molar-refractivity contribution is 5.84. The molecule has 0 aliphatic rings. The second-order valence-electron chi connectivity index (χ2n) is 5.58. The number of aldehydes is 1. The molecule has 1 unspecified atom stereocenters. The van der Waals surface area contributed by atoms with Crippen molar-refractivity contribution < 1.29 is 28.5 Å². The molecule has 0 aliphatic heterocycles. The van der Waals surface area contributed by atoms with Crippen LogP contribution in [0.3, 0.4) is 0 Å². The highest BCUT2D eigenvalue weighted by Gasteiger charge is 2.23. The van der Waals surface area contributed by atoms with Gasteiger partial charge in [-0.25, -0.2) is 0 Å². The van der Waals surface area contributed by atoms with Crippen LogP contribution in [0, 0.1) is 0 Å². The molecule has 1 N–H and O–H groups in total. The summed E-state index contributed by atoms with van der Waals surface area (Å²) >= 11 is 0. The fraction of sp³-hybridized carbons (Fsp3) is 0.300. The number of carbonyl (C=O) groups excluding carboxylic acids is 2. The van der Waals surface area contributed by atoms with Crippen LogP contribution >= 0.6 is 0 Å². The van der Waals surface area contributed by atoms with E-state index in [4.69, 9.17) is 18.9 Å². The summed E-state index contributed by atoms with van der Waals surface area (Å²) in [7, 11) is 6.01. The fourth-order valence-corrected chi connectivity index (χ4v) is 2.85. The van der Waals surface area contributed by atoms with E-state index < -0.39 is 6.04 Å². The first kappa shape index (κ1) is 20.1. The molecule has 0 aliphatic carbocycles. The van der Waals surface area contributed by atoms with Crippen LogP contribution in [0.25, 0.3) is 0 Å². The third kappa shape index (κ3) is 4.49. The first-order valence-electron chi connectivity index (χ1n) is 8.25. The van der Waals surface area contributed by atoms with Gasteiger partial charge in [0.1, 0.15) is 35.3 Å². The van der Waals surface area contributed by atoms with Gasteiger partial charge in [0.25, 0.3) is 0 Å². The van der Waals surface area contributed by atoms with Gasteiger partial charge in [-0.05, 0) is 24.3 Å². The van der Waals surface area contributed by atoms with E-state index in [0.29, 0.717) is 40.4 Å². The molecule has 1 atom stereocenters. The number of hydrogen-bond acceptors (Lipinski definition) is 6. The highest BCUT2D eigenvalue weighted by atomic mass is 16.5. The molecule has 0 fully saturated rings. The Labute approximate surface area is 158 Å². The van der Waals surface area contributed by atoms with Crippen LogP contribution in [0.15, 0.2) is 36.4 Å². The Morgan fingerprint density at radius 1 is 0.889 bits per heavy atom. The molecule has 1 amide bonds. The maximum absolute atomic E-state index is 12.6. The van der Waals surface area contributed by atoms with E-state index in [-0.39, 0.29) is 12.3 Å². The molecule has 0 bridgehead atoms. The Balaban J connectivity index is 2.29. The Morgan fingerprint density at radius 2 is 1.33 bits per heavy atom. The molecular weight excluding hydrogens is 350 g/mol. The number of hydrogen-bond donors (Lipinski definition) is 1. The third-order valence-corrected chi connectivity index (χ3v) is 4.10. The molecular formula is C20H23NO6. The number of carbonyl (C=O) groups is 2. The van der Waals surface area contributed by atoms with E-state index in [1.165, 1.54) is 28.4 Å². The maximum Gasteiger partial charge on any atom is 0.225 e. The second kappa shape index (κ2) is 9.47. The molecule has 0 spiro atoms. The summed E-state index contributed by atoms with van der Waals surface area (Å²) in [5, 5.41) is 2.71. The van der Waals surface area contributed by atoms with Gasteiger partial charge in [0.15, 0.2) is 0 Å². The lowest BCUT2D eigenvalue weighted by molar-refractivity contribution is -0.123. The predicted octanol–water partition coefficient (Wildman–Crippen LogP) is 2.32. The number of amides is 1. The summed E-state index contributed by atoms with van der Waals surface area (Å²) in [5.74, 6) is 1.58. The van der Waals surface area contributed by atoms with Crippen LogP contribution in [-0.2, 0) is 16.0 Å². The average molecular weight is 373 g/mol. The van der Waals surface area contributed by atoms with Crippen LogP contribution in [-0.4, -0.2) is 40.6 Å². The zero-order valence-electron chi connectivity index (χ0n) is 15.8. The average Bonchev–Trinajstić information content (AvgIpc) is 2.71. The van der Waals surface area contributed by atoms with Gasteiger partial charge in [-0.2, -0.15) is 0 Å². The molecule has 2 rings (SSSR count). The van der Waals surface area contributed by atoms with Gasteiger partial charge in [0, 0.05) is 5.56 Å². The number of ether oxygens (including phenoxy) is 4. The number of benzene rings is 2. The van der Waals surface area contributed by atoms with Gasteiger partial charge in [0.2, 0.25) is 5.91 Å². The van der Waals surface area contributed by atoms with E-state index in [1.54, 1.807) is 36.4 Å². The van der Waals surface area contributed by atoms with E-state index >= 15 is 0 Å². The van der Waals surface area contributed by atoms with Gasteiger partial charge in [-0.1, -0.05) is 12.1 Å². The molecule has 2 aromatic rings. The summed E-state index contributed by atoms with van der Waals surface area (Å²) in [6.07, 6.45) is 0.618. The minimum atomic E-state index is -0.927. The number of rotatable bonds is 9. The molecule has 0 radical (unpaired) electrons. The predicted molar refractivity (Wildman–Crippen MR) is 99.7 cm³/mol. The van der Waals surface area contributed by atoms with Gasteiger partial charge in [-0.15, -0.1) is 0 Å². The van der Waals surface area contributed by atoms with Gasteiger partial charge in [0.05, 0.1) is 40.4 Å². The zero-order chi connectivity index (χ0) is 19.8. The minimum Gasteiger partial charge on any atom is -0.496 e. The summed E-state index contributed by atoms with van der Waals surface area (Å²) in [6, 6.07) is 9.46. The molecule has 7 nitrogen and oxygen atoms in total. The molecule has 0 saturated carbocycles. The first-order chi connectivity index (χ1) is 13.1. The largest absolute Gasteiger partial charge is 0.496 e. The Bertz CT molecular complexity index is 761. The van der Waals surface area contributed by atoms with Crippen molar-refractivity contribution in [2.45, 2.75) is 12.5 Å². The molecule has 0 saturated heterocycles. The van der Waals surface area contributed by atoms with Crippen LogP contribution in [0.5, 0.6) is 23.0 Å². The van der Waals surface area contributed by atoms with Crippen molar-refractivity contribution in [3.05, 3.63) is 47.5 Å². The van der Waals surface area contributed by atoms with E-state index in [9.17, 15) is 9.59 Å². The van der Waals surface area contributed by atoms with Crippen molar-refractivity contribution in [2.75, 3.05) is 28.4 Å². The van der Waals surface area contributed by atoms with E-state index in [1.807, 2.05) is 0 Å². The van der Waals surface area contributed by atoms with Crippen molar-refractivity contribution in [3.8, 4) is 23.0 Å². The molecule has 27 heavy (non-hydrogen) atoms. The van der Waals surface area contributed by atoms with Crippen molar-refractivity contribution in [3.63, 3.8) is 0 Å². The summed E-state index contributed by atoms with van der Waals surface area (Å²) < 4.78 is 21.2. The topological polar surface area (TPSA) is 83.1 Å². The lowest BCUT2D eigenvalue weighted by Gasteiger charge is -2.20. The monoisotopic (exact) mass is 373 g/mol. The van der Waals surface area contributed by atoms with Crippen molar-refractivity contribution >= 4 is 12.2 Å². The van der Waals surface area contributed by atoms with Crippen LogP contribution in [0.2, 0.25) is 0 Å². The smallest absolute Gasteiger partial charge is 0.225 e. The van der Waals surface area contributed by atoms with Crippen LogP contribution in [0.4, 0.5) is 0 Å². The SMILES string of the molecule is COc1cccc(OC)c1CC(=O)NC(C=O)c1c(OC)cccc1OC. The number of methoxy groups -OCH3 is 4. The summed E-state index contributed by atoms with van der Waals surface area (Å²) in [5.41, 5.74) is 1.05. The van der Waals surface area contributed by atoms with Gasteiger partial charge in [-0.3, -0.25) is 4.79 Å². The molecule has 7 heteroatoms. The van der Waals surface area contributed by atoms with Crippen molar-refractivity contribution in [2.24, 2.45) is 0 Å². The summed E-state index contributed by atoms with van der Waals surface area (Å²) in [6.45, 7) is 0. The molecule has 144 valence electrons. The van der Waals surface area contributed by atoms with Crippen molar-refractivity contribution in [1.29, 1.82) is 0 Å². The summed E-state index contributed by atoms with van der Waals surface area (Å²) in [4.78, 5) is 24.3. The standard InChI is InChI=1S/C20H23NO6/c1-24-15-7-5-8-16(25-2)13(15)11-19(23)21-14(12-22)20-17(26-3)9-6-10-18(20)27-4/h5-10,12,14H,11H2,1-4H3,(H,21,23). The van der Waals surface area contributed by atoms with E-state index in [0.717, 1.165) is 0 Å². The quantitative estimate of drug-likeness (QED) is 0.679. The lowest BCUT2D eigenvalue weighted by Crippen LogP contribution is -2.31. The Hall–Kier alpha value is -3.22. The van der Waals surface area contributed by atoms with Crippen molar-refractivity contribution in [1.82, 2.24) is 5.32 Å². The number of nitrogens with one attached hydrogen (secondary N) is 1. The minimum absolute atomic E-state index is 0.0189. The zero-order valence-corrected chi connectivity index (χ0v) is 15.8. The first-order valence-corrected chi connectivity index (χ1v) is 8.25. The van der Waals surface area contributed by atoms with Gasteiger partial charge < -0.3 is 29.1 Å². The lowest BCUT2D eigenvalue weighted by atomic mass is 10.0. The Morgan fingerprint density at radius 3 is 1.74 bits per heavy atom. The fourth-order valence-electron chi connectivity index (χ4n) is 2.85. The Kier molecular flexibility index (Phi) is 7.05. The third-order valence-electron chi connectivity index (χ3n) is 4.10. The maximum atomic E-state index is 12.6. The molecule has 0 heterocycles. The normalized spacial score (nSPS) is 11.3.